The molecule has 0 radical (unpaired) electrons. The summed E-state index contributed by atoms with van der Waals surface area (Å²) in [5.74, 6) is -0.408. The molecule has 1 N–H and O–H groups in total. The fraction of sp³-hybridized carbons (Fsp3) is 0.318. The van der Waals surface area contributed by atoms with Crippen molar-refractivity contribution in [2.75, 3.05) is 0 Å². The molecule has 1 amide bonds. The van der Waals surface area contributed by atoms with E-state index in [1.807, 2.05) is 0 Å². The van der Waals surface area contributed by atoms with E-state index in [9.17, 15) is 9.18 Å². The second kappa shape index (κ2) is 8.11. The minimum Gasteiger partial charge on any atom is -0.346 e. The molecule has 0 fully saturated rings. The first kappa shape index (κ1) is 17.4. The molecule has 0 aliphatic heterocycles. The molecule has 130 valence electrons. The number of hydrogen-bond acceptors (Lipinski definition) is 1. The highest BCUT2D eigenvalue weighted by atomic mass is 19.1. The van der Waals surface area contributed by atoms with E-state index in [1.54, 1.807) is 18.2 Å². The number of fused-ring (bicyclic) bond motifs is 1. The van der Waals surface area contributed by atoms with Crippen LogP contribution in [0.4, 0.5) is 4.39 Å². The van der Waals surface area contributed by atoms with Crippen molar-refractivity contribution < 1.29 is 9.18 Å². The van der Waals surface area contributed by atoms with Crippen molar-refractivity contribution >= 4 is 12.0 Å². The molecule has 25 heavy (non-hydrogen) atoms. The Hall–Kier alpha value is -2.42. The van der Waals surface area contributed by atoms with E-state index >= 15 is 0 Å². The zero-order valence-electron chi connectivity index (χ0n) is 14.6. The average molecular weight is 337 g/mol. The van der Waals surface area contributed by atoms with Gasteiger partial charge in [-0.2, -0.15) is 0 Å². The normalized spacial score (nSPS) is 15.0. The monoisotopic (exact) mass is 337 g/mol. The van der Waals surface area contributed by atoms with E-state index in [0.29, 0.717) is 0 Å². The lowest BCUT2D eigenvalue weighted by atomic mass is 9.89. The highest BCUT2D eigenvalue weighted by Gasteiger charge is 2.15. The molecule has 3 rings (SSSR count). The summed E-state index contributed by atoms with van der Waals surface area (Å²) in [5, 5.41) is 3.07. The maximum absolute atomic E-state index is 12.9. The number of amides is 1. The second-order valence-electron chi connectivity index (χ2n) is 6.59. The van der Waals surface area contributed by atoms with Crippen LogP contribution < -0.4 is 5.32 Å². The Morgan fingerprint density at radius 3 is 2.56 bits per heavy atom. The quantitative estimate of drug-likeness (QED) is 0.766. The van der Waals surface area contributed by atoms with Gasteiger partial charge in [0.05, 0.1) is 6.04 Å². The Balaban J connectivity index is 1.67. The molecule has 0 spiro atoms. The summed E-state index contributed by atoms with van der Waals surface area (Å²) >= 11 is 0. The van der Waals surface area contributed by atoms with Gasteiger partial charge in [0, 0.05) is 6.08 Å². The third-order valence-corrected chi connectivity index (χ3v) is 4.80. The first-order chi connectivity index (χ1) is 12.2. The fourth-order valence-corrected chi connectivity index (χ4v) is 3.36. The summed E-state index contributed by atoms with van der Waals surface area (Å²) in [4.78, 5) is 12.2. The smallest absolute Gasteiger partial charge is 0.244 e. The van der Waals surface area contributed by atoms with Crippen LogP contribution in [0, 0.1) is 5.82 Å². The lowest BCUT2D eigenvalue weighted by Crippen LogP contribution is -2.26. The summed E-state index contributed by atoms with van der Waals surface area (Å²) < 4.78 is 12.9. The van der Waals surface area contributed by atoms with Gasteiger partial charge in [0.15, 0.2) is 0 Å². The first-order valence-electron chi connectivity index (χ1n) is 9.01. The number of carbonyl (C=O) groups is 1. The van der Waals surface area contributed by atoms with E-state index in [-0.39, 0.29) is 17.8 Å². The third-order valence-electron chi connectivity index (χ3n) is 4.80. The molecule has 2 aromatic rings. The number of halogens is 1. The van der Waals surface area contributed by atoms with Crippen molar-refractivity contribution in [1.82, 2.24) is 5.32 Å². The van der Waals surface area contributed by atoms with Crippen LogP contribution in [0.15, 0.2) is 48.5 Å². The van der Waals surface area contributed by atoms with Gasteiger partial charge in [-0.3, -0.25) is 4.79 Å². The van der Waals surface area contributed by atoms with Crippen molar-refractivity contribution in [3.8, 4) is 0 Å². The van der Waals surface area contributed by atoms with Crippen LogP contribution in [0.1, 0.15) is 54.5 Å². The number of hydrogen-bond donors (Lipinski definition) is 1. The minimum atomic E-state index is -0.278. The maximum Gasteiger partial charge on any atom is 0.244 e. The van der Waals surface area contributed by atoms with Crippen LogP contribution >= 0.6 is 0 Å². The van der Waals surface area contributed by atoms with Gasteiger partial charge in [0.25, 0.3) is 0 Å². The van der Waals surface area contributed by atoms with Crippen LogP contribution in [0.25, 0.3) is 6.08 Å². The predicted molar refractivity (Wildman–Crippen MR) is 99.7 cm³/mol. The average Bonchev–Trinajstić information content (AvgIpc) is 2.65. The Morgan fingerprint density at radius 2 is 1.84 bits per heavy atom. The number of aryl methyl sites for hydroxylation is 2. The number of benzene rings is 2. The molecule has 0 saturated carbocycles. The lowest BCUT2D eigenvalue weighted by Gasteiger charge is -2.21. The Bertz CT molecular complexity index is 764. The molecule has 1 aliphatic rings. The third kappa shape index (κ3) is 4.56. The highest BCUT2D eigenvalue weighted by Crippen LogP contribution is 2.26. The molecule has 2 aromatic carbocycles. The van der Waals surface area contributed by atoms with Gasteiger partial charge in [0.1, 0.15) is 5.82 Å². The van der Waals surface area contributed by atoms with E-state index in [4.69, 9.17) is 0 Å². The van der Waals surface area contributed by atoms with Gasteiger partial charge < -0.3 is 5.32 Å². The van der Waals surface area contributed by atoms with E-state index in [1.165, 1.54) is 54.2 Å². The maximum atomic E-state index is 12.9. The second-order valence-corrected chi connectivity index (χ2v) is 6.59. The Kier molecular flexibility index (Phi) is 5.64. The highest BCUT2D eigenvalue weighted by molar-refractivity contribution is 5.92. The van der Waals surface area contributed by atoms with Gasteiger partial charge in [-0.1, -0.05) is 37.3 Å². The van der Waals surface area contributed by atoms with Crippen LogP contribution in [-0.2, 0) is 17.6 Å². The zero-order valence-corrected chi connectivity index (χ0v) is 14.6. The summed E-state index contributed by atoms with van der Waals surface area (Å²) in [6.45, 7) is 2.08. The van der Waals surface area contributed by atoms with Gasteiger partial charge in [0.2, 0.25) is 5.91 Å². The van der Waals surface area contributed by atoms with Crippen molar-refractivity contribution in [3.05, 3.63) is 76.6 Å². The molecule has 0 aromatic heterocycles. The molecule has 0 unspecified atom stereocenters. The Morgan fingerprint density at radius 1 is 1.12 bits per heavy atom. The molecule has 0 heterocycles. The van der Waals surface area contributed by atoms with E-state index in [0.717, 1.165) is 18.4 Å². The summed E-state index contributed by atoms with van der Waals surface area (Å²) in [5.41, 5.74) is 4.86. The van der Waals surface area contributed by atoms with Crippen molar-refractivity contribution in [2.24, 2.45) is 0 Å². The molecular formula is C22H24FNO. The summed E-state index contributed by atoms with van der Waals surface area (Å²) in [6, 6.07) is 12.7. The number of carbonyl (C=O) groups excluding carboxylic acids is 1. The molecule has 3 heteroatoms. The molecular weight excluding hydrogens is 313 g/mol. The Labute approximate surface area is 148 Å². The van der Waals surface area contributed by atoms with Crippen LogP contribution in [0.3, 0.4) is 0 Å². The van der Waals surface area contributed by atoms with Crippen LogP contribution in [-0.4, -0.2) is 5.91 Å². The topological polar surface area (TPSA) is 29.1 Å². The number of nitrogens with one attached hydrogen (secondary N) is 1. The summed E-state index contributed by atoms with van der Waals surface area (Å²) in [6.07, 6.45) is 8.88. The van der Waals surface area contributed by atoms with Gasteiger partial charge in [-0.15, -0.1) is 0 Å². The van der Waals surface area contributed by atoms with Gasteiger partial charge in [-0.25, -0.2) is 4.39 Å². The standard InChI is InChI=1S/C22H24FNO/c1-2-21(19-11-10-17-5-3-4-6-18(17)15-19)24-22(25)14-9-16-7-12-20(23)13-8-16/h7-15,21H,2-6H2,1H3,(H,24,25)/b14-9+/t21-/m0/s1. The molecule has 0 saturated heterocycles. The van der Waals surface area contributed by atoms with Crippen molar-refractivity contribution in [2.45, 2.75) is 45.1 Å². The van der Waals surface area contributed by atoms with Gasteiger partial charge >= 0.3 is 0 Å². The minimum absolute atomic E-state index is 0.0117. The van der Waals surface area contributed by atoms with E-state index in [2.05, 4.69) is 30.4 Å². The largest absolute Gasteiger partial charge is 0.346 e. The molecule has 2 nitrogen and oxygen atoms in total. The molecule has 0 bridgehead atoms. The fourth-order valence-electron chi connectivity index (χ4n) is 3.36. The van der Waals surface area contributed by atoms with Gasteiger partial charge in [-0.05, 0) is 72.6 Å². The zero-order chi connectivity index (χ0) is 17.6. The van der Waals surface area contributed by atoms with E-state index < -0.39 is 0 Å². The van der Waals surface area contributed by atoms with Crippen LogP contribution in [0.5, 0.6) is 0 Å². The lowest BCUT2D eigenvalue weighted by molar-refractivity contribution is -0.117. The summed E-state index contributed by atoms with van der Waals surface area (Å²) in [7, 11) is 0. The SMILES string of the molecule is CC[C@H](NC(=O)/C=C/c1ccc(F)cc1)c1ccc2c(c1)CCCC2. The molecule has 1 aliphatic carbocycles. The first-order valence-corrected chi connectivity index (χ1v) is 9.01. The molecule has 1 atom stereocenters. The van der Waals surface area contributed by atoms with Crippen molar-refractivity contribution in [3.63, 3.8) is 0 Å². The predicted octanol–water partition coefficient (Wildman–Crippen LogP) is 4.99. The van der Waals surface area contributed by atoms with Crippen molar-refractivity contribution in [1.29, 1.82) is 0 Å². The number of rotatable bonds is 5. The van der Waals surface area contributed by atoms with Crippen LogP contribution in [0.2, 0.25) is 0 Å².